The Hall–Kier alpha value is -2.16. The summed E-state index contributed by atoms with van der Waals surface area (Å²) in [6.07, 6.45) is 0. The minimum Gasteiger partial charge on any atom is -0.236 e. The summed E-state index contributed by atoms with van der Waals surface area (Å²) in [6.45, 7) is 0. The first-order chi connectivity index (χ1) is 10.7. The summed E-state index contributed by atoms with van der Waals surface area (Å²) >= 11 is 11.8. The highest BCUT2D eigenvalue weighted by atomic mass is 35.5. The van der Waals surface area contributed by atoms with E-state index in [9.17, 15) is 0 Å². The van der Waals surface area contributed by atoms with Gasteiger partial charge in [0, 0.05) is 10.8 Å². The Balaban J connectivity index is 1.87. The lowest BCUT2D eigenvalue weighted by Gasteiger charge is -2.06. The van der Waals surface area contributed by atoms with Gasteiger partial charge in [-0.3, -0.25) is 0 Å². The molecule has 22 heavy (non-hydrogen) atoms. The van der Waals surface area contributed by atoms with Crippen molar-refractivity contribution in [3.8, 4) is 11.1 Å². The molecule has 2 aromatic heterocycles. The zero-order chi connectivity index (χ0) is 15.1. The van der Waals surface area contributed by atoms with E-state index in [4.69, 9.17) is 23.2 Å². The van der Waals surface area contributed by atoms with Crippen LogP contribution in [-0.4, -0.2) is 9.97 Å². The summed E-state index contributed by atoms with van der Waals surface area (Å²) in [5.41, 5.74) is 4.05. The topological polar surface area (TPSA) is 25.8 Å². The molecule has 0 bridgehead atoms. The molecule has 4 rings (SSSR count). The van der Waals surface area contributed by atoms with Gasteiger partial charge in [0.25, 0.3) is 0 Å². The van der Waals surface area contributed by atoms with Crippen molar-refractivity contribution in [2.75, 3.05) is 0 Å². The van der Waals surface area contributed by atoms with Gasteiger partial charge in [-0.25, -0.2) is 9.97 Å². The van der Waals surface area contributed by atoms with Gasteiger partial charge in [-0.2, -0.15) is 0 Å². The van der Waals surface area contributed by atoms with Crippen molar-refractivity contribution < 1.29 is 0 Å². The molecule has 2 aromatic carbocycles. The van der Waals surface area contributed by atoms with Crippen LogP contribution in [0.3, 0.4) is 0 Å². The fraction of sp³-hybridized carbons (Fsp3) is 0. The summed E-state index contributed by atoms with van der Waals surface area (Å²) < 4.78 is 0. The summed E-state index contributed by atoms with van der Waals surface area (Å²) in [6, 6.07) is 19.9. The number of pyridine rings is 2. The van der Waals surface area contributed by atoms with Crippen LogP contribution in [0.5, 0.6) is 0 Å². The molecule has 0 saturated heterocycles. The highest BCUT2D eigenvalue weighted by molar-refractivity contribution is 6.30. The fourth-order valence-electron chi connectivity index (χ4n) is 2.56. The van der Waals surface area contributed by atoms with Crippen molar-refractivity contribution in [2.45, 2.75) is 0 Å². The lowest BCUT2D eigenvalue weighted by atomic mass is 10.0. The van der Waals surface area contributed by atoms with Gasteiger partial charge in [-0.1, -0.05) is 35.3 Å². The molecule has 0 radical (unpaired) electrons. The van der Waals surface area contributed by atoms with Gasteiger partial charge in [0.15, 0.2) is 0 Å². The van der Waals surface area contributed by atoms with Gasteiger partial charge in [0.2, 0.25) is 0 Å². The van der Waals surface area contributed by atoms with E-state index in [2.05, 4.69) is 34.2 Å². The SMILES string of the molecule is Clc1ccc2cc(-c3ccc4nc(Cl)ccc4c3)ccc2n1. The second kappa shape index (κ2) is 5.24. The van der Waals surface area contributed by atoms with E-state index in [0.717, 1.165) is 32.9 Å². The third-order valence-corrected chi connectivity index (χ3v) is 4.06. The molecule has 0 aliphatic rings. The third-order valence-electron chi connectivity index (χ3n) is 3.64. The second-order valence-corrected chi connectivity index (χ2v) is 5.86. The Bertz CT molecular complexity index is 929. The Morgan fingerprint density at radius 1 is 0.545 bits per heavy atom. The van der Waals surface area contributed by atoms with Gasteiger partial charge >= 0.3 is 0 Å². The number of rotatable bonds is 1. The van der Waals surface area contributed by atoms with E-state index in [-0.39, 0.29) is 0 Å². The molecule has 0 atom stereocenters. The minimum atomic E-state index is 0.508. The van der Waals surface area contributed by atoms with Gasteiger partial charge in [-0.05, 0) is 59.7 Å². The molecule has 0 fully saturated rings. The molecule has 0 unspecified atom stereocenters. The van der Waals surface area contributed by atoms with Crippen LogP contribution in [0.4, 0.5) is 0 Å². The first kappa shape index (κ1) is 13.5. The Morgan fingerprint density at radius 2 is 1.00 bits per heavy atom. The van der Waals surface area contributed by atoms with Crippen LogP contribution in [0.15, 0.2) is 60.7 Å². The van der Waals surface area contributed by atoms with Crippen LogP contribution in [0.2, 0.25) is 10.3 Å². The second-order valence-electron chi connectivity index (χ2n) is 5.08. The minimum absolute atomic E-state index is 0.508. The van der Waals surface area contributed by atoms with Crippen LogP contribution >= 0.6 is 23.2 Å². The van der Waals surface area contributed by atoms with E-state index >= 15 is 0 Å². The highest BCUT2D eigenvalue weighted by Crippen LogP contribution is 2.27. The Kier molecular flexibility index (Phi) is 3.21. The van der Waals surface area contributed by atoms with E-state index in [1.807, 2.05) is 24.3 Å². The van der Waals surface area contributed by atoms with Crippen molar-refractivity contribution in [3.05, 3.63) is 71.0 Å². The first-order valence-electron chi connectivity index (χ1n) is 6.82. The van der Waals surface area contributed by atoms with E-state index < -0.39 is 0 Å². The monoisotopic (exact) mass is 324 g/mol. The van der Waals surface area contributed by atoms with E-state index in [0.29, 0.717) is 10.3 Å². The molecule has 4 heteroatoms. The number of benzene rings is 2. The standard InChI is InChI=1S/C18H10Cl2N2/c19-17-7-3-13-9-11(1-5-15(13)21-17)12-2-6-16-14(10-12)4-8-18(20)22-16/h1-10H. The number of aromatic nitrogens is 2. The van der Waals surface area contributed by atoms with Gasteiger partial charge < -0.3 is 0 Å². The molecule has 0 aliphatic carbocycles. The van der Waals surface area contributed by atoms with Crippen molar-refractivity contribution in [3.63, 3.8) is 0 Å². The van der Waals surface area contributed by atoms with Crippen molar-refractivity contribution in [1.82, 2.24) is 9.97 Å². The fourth-order valence-corrected chi connectivity index (χ4v) is 2.87. The summed E-state index contributed by atoms with van der Waals surface area (Å²) in [7, 11) is 0. The van der Waals surface area contributed by atoms with Crippen LogP contribution < -0.4 is 0 Å². The lowest BCUT2D eigenvalue weighted by molar-refractivity contribution is 1.41. The quantitative estimate of drug-likeness (QED) is 0.416. The van der Waals surface area contributed by atoms with E-state index in [1.165, 1.54) is 0 Å². The summed E-state index contributed by atoms with van der Waals surface area (Å²) in [4.78, 5) is 8.62. The number of halogens is 2. The largest absolute Gasteiger partial charge is 0.236 e. The molecule has 0 spiro atoms. The molecule has 2 nitrogen and oxygen atoms in total. The van der Waals surface area contributed by atoms with Crippen molar-refractivity contribution in [1.29, 1.82) is 0 Å². The van der Waals surface area contributed by atoms with Gasteiger partial charge in [0.1, 0.15) is 10.3 Å². The first-order valence-corrected chi connectivity index (χ1v) is 7.58. The number of hydrogen-bond donors (Lipinski definition) is 0. The average Bonchev–Trinajstić information content (AvgIpc) is 2.54. The van der Waals surface area contributed by atoms with E-state index in [1.54, 1.807) is 12.1 Å². The maximum Gasteiger partial charge on any atom is 0.129 e. The van der Waals surface area contributed by atoms with Crippen LogP contribution in [-0.2, 0) is 0 Å². The zero-order valence-electron chi connectivity index (χ0n) is 11.4. The molecule has 0 amide bonds. The number of nitrogens with zero attached hydrogens (tertiary/aromatic N) is 2. The van der Waals surface area contributed by atoms with Crippen LogP contribution in [0, 0.1) is 0 Å². The lowest BCUT2D eigenvalue weighted by Crippen LogP contribution is -1.84. The highest BCUT2D eigenvalue weighted by Gasteiger charge is 2.04. The van der Waals surface area contributed by atoms with Crippen molar-refractivity contribution >= 4 is 45.0 Å². The van der Waals surface area contributed by atoms with Gasteiger partial charge in [0.05, 0.1) is 11.0 Å². The summed E-state index contributed by atoms with van der Waals surface area (Å²) in [5, 5.41) is 3.15. The van der Waals surface area contributed by atoms with Crippen LogP contribution in [0.1, 0.15) is 0 Å². The zero-order valence-corrected chi connectivity index (χ0v) is 12.9. The molecule has 0 N–H and O–H groups in total. The molecular formula is C18H10Cl2N2. The predicted octanol–water partition coefficient (Wildman–Crippen LogP) is 5.76. The number of hydrogen-bond acceptors (Lipinski definition) is 2. The Morgan fingerprint density at radius 3 is 1.45 bits per heavy atom. The maximum atomic E-state index is 5.92. The molecular weight excluding hydrogens is 315 g/mol. The maximum absolute atomic E-state index is 5.92. The van der Waals surface area contributed by atoms with Gasteiger partial charge in [-0.15, -0.1) is 0 Å². The average molecular weight is 325 g/mol. The molecule has 2 heterocycles. The van der Waals surface area contributed by atoms with Crippen LogP contribution in [0.25, 0.3) is 32.9 Å². The summed E-state index contributed by atoms with van der Waals surface area (Å²) in [5.74, 6) is 0. The number of fused-ring (bicyclic) bond motifs is 2. The molecule has 4 aromatic rings. The molecule has 0 saturated carbocycles. The smallest absolute Gasteiger partial charge is 0.129 e. The van der Waals surface area contributed by atoms with Crippen molar-refractivity contribution in [2.24, 2.45) is 0 Å². The predicted molar refractivity (Wildman–Crippen MR) is 92.5 cm³/mol. The molecule has 106 valence electrons. The normalized spacial score (nSPS) is 11.2. The molecule has 0 aliphatic heterocycles. The Labute approximate surface area is 137 Å². The third kappa shape index (κ3) is 2.41.